The SMILES string of the molecule is [B]n1nnc([C@H]2C(COC(C)=O)=CS[C@@H]3[C@H](CC(=O)Cc4cccs4)C(=O)N23)n1. The van der Waals surface area contributed by atoms with Crippen molar-refractivity contribution in [2.45, 2.75) is 31.2 Å². The van der Waals surface area contributed by atoms with Crippen LogP contribution in [0, 0.1) is 5.92 Å². The maximum Gasteiger partial charge on any atom is 0.302 e. The quantitative estimate of drug-likeness (QED) is 0.363. The molecule has 0 aromatic carbocycles. The fourth-order valence-corrected chi connectivity index (χ4v) is 5.44. The van der Waals surface area contributed by atoms with Crippen molar-refractivity contribution >= 4 is 48.7 Å². The minimum atomic E-state index is -0.631. The van der Waals surface area contributed by atoms with Gasteiger partial charge in [0.2, 0.25) is 5.91 Å². The lowest BCUT2D eigenvalue weighted by Crippen LogP contribution is -2.62. The summed E-state index contributed by atoms with van der Waals surface area (Å²) in [5.74, 6) is -0.723. The van der Waals surface area contributed by atoms with E-state index in [1.54, 1.807) is 4.90 Å². The molecule has 2 aromatic heterocycles. The lowest BCUT2D eigenvalue weighted by atomic mass is 9.88. The van der Waals surface area contributed by atoms with Crippen molar-refractivity contribution in [3.63, 3.8) is 0 Å². The maximum atomic E-state index is 12.9. The predicted octanol–water partition coefficient (Wildman–Crippen LogP) is 0.887. The van der Waals surface area contributed by atoms with E-state index in [2.05, 4.69) is 15.4 Å². The Morgan fingerprint density at radius 3 is 2.86 bits per heavy atom. The second-order valence-corrected chi connectivity index (χ2v) is 8.74. The zero-order valence-corrected chi connectivity index (χ0v) is 17.1. The normalized spacial score (nSPS) is 23.2. The number of Topliss-reactive ketones (excluding diaryl/α,β-unsaturated/α-hetero) is 1. The molecule has 3 atom stereocenters. The van der Waals surface area contributed by atoms with E-state index >= 15 is 0 Å². The molecule has 1 fully saturated rings. The van der Waals surface area contributed by atoms with Gasteiger partial charge in [-0.2, -0.15) is 0 Å². The van der Waals surface area contributed by atoms with E-state index in [0.717, 1.165) is 9.58 Å². The Balaban J connectivity index is 1.51. The van der Waals surface area contributed by atoms with Gasteiger partial charge in [0, 0.05) is 30.2 Å². The first-order valence-electron chi connectivity index (χ1n) is 8.83. The molecule has 12 heteroatoms. The van der Waals surface area contributed by atoms with Crippen molar-refractivity contribution in [2.75, 3.05) is 6.61 Å². The van der Waals surface area contributed by atoms with Crippen LogP contribution in [0.4, 0.5) is 0 Å². The van der Waals surface area contributed by atoms with Gasteiger partial charge in [0.25, 0.3) is 7.98 Å². The molecule has 2 aromatic rings. The lowest BCUT2D eigenvalue weighted by molar-refractivity contribution is -0.156. The molecule has 1 amide bonds. The summed E-state index contributed by atoms with van der Waals surface area (Å²) in [6.07, 6.45) is 0.514. The van der Waals surface area contributed by atoms with E-state index < -0.39 is 17.9 Å². The number of carbonyl (C=O) groups excluding carboxylic acids is 3. The van der Waals surface area contributed by atoms with Crippen molar-refractivity contribution in [1.29, 1.82) is 0 Å². The number of β-lactam (4-membered cyclic amide) rings is 1. The van der Waals surface area contributed by atoms with E-state index in [4.69, 9.17) is 12.7 Å². The topological polar surface area (TPSA) is 107 Å². The van der Waals surface area contributed by atoms with Gasteiger partial charge in [0.05, 0.1) is 11.3 Å². The van der Waals surface area contributed by atoms with Gasteiger partial charge < -0.3 is 9.64 Å². The molecule has 0 unspecified atom stereocenters. The average Bonchev–Trinajstić information content (AvgIpc) is 3.35. The third-order valence-corrected chi connectivity index (χ3v) is 6.86. The molecular weight excluding hydrogens is 413 g/mol. The number of hydrogen-bond acceptors (Lipinski definition) is 9. The standard InChI is InChI=1S/C17H16BN5O4S2/c1-9(24)27-7-10-8-29-17-13(6-11(25)5-12-3-2-4-28-12)16(26)22(17)14(10)15-19-21-23(18)20-15/h2-4,8,13-14,17H,5-7H2,1H3/t13-,14-,17-/m1/s1. The minimum Gasteiger partial charge on any atom is -0.461 e. The zero-order valence-electron chi connectivity index (χ0n) is 15.4. The van der Waals surface area contributed by atoms with Crippen LogP contribution in [-0.2, 0) is 25.5 Å². The summed E-state index contributed by atoms with van der Waals surface area (Å²) in [6, 6.07) is 3.18. The van der Waals surface area contributed by atoms with E-state index in [1.165, 1.54) is 30.0 Å². The highest BCUT2D eigenvalue weighted by Crippen LogP contribution is 2.49. The summed E-state index contributed by atoms with van der Waals surface area (Å²) < 4.78 is 5.93. The zero-order chi connectivity index (χ0) is 20.5. The number of amides is 1. The molecule has 0 aliphatic carbocycles. The van der Waals surface area contributed by atoms with Crippen molar-refractivity contribution < 1.29 is 19.1 Å². The molecule has 1 saturated heterocycles. The Morgan fingerprint density at radius 2 is 2.21 bits per heavy atom. The van der Waals surface area contributed by atoms with Gasteiger partial charge in [0.15, 0.2) is 5.82 Å². The summed E-state index contributed by atoms with van der Waals surface area (Å²) in [7, 11) is 5.52. The molecule has 148 valence electrons. The summed E-state index contributed by atoms with van der Waals surface area (Å²) in [6.45, 7) is 1.32. The number of aromatic nitrogens is 4. The summed E-state index contributed by atoms with van der Waals surface area (Å²) in [4.78, 5) is 39.2. The van der Waals surface area contributed by atoms with Gasteiger partial charge in [-0.25, -0.2) is 4.71 Å². The van der Waals surface area contributed by atoms with Gasteiger partial charge in [-0.15, -0.1) is 33.3 Å². The van der Waals surface area contributed by atoms with Crippen LogP contribution >= 0.6 is 23.1 Å². The van der Waals surface area contributed by atoms with Crippen molar-refractivity contribution in [3.8, 4) is 0 Å². The number of hydrogen-bond donors (Lipinski definition) is 0. The molecule has 9 nitrogen and oxygen atoms in total. The number of esters is 1. The lowest BCUT2D eigenvalue weighted by Gasteiger charge is -2.52. The van der Waals surface area contributed by atoms with Crippen molar-refractivity contribution in [2.24, 2.45) is 5.92 Å². The molecule has 0 N–H and O–H groups in total. The smallest absolute Gasteiger partial charge is 0.302 e. The van der Waals surface area contributed by atoms with Crippen LogP contribution in [0.1, 0.15) is 30.1 Å². The summed E-state index contributed by atoms with van der Waals surface area (Å²) in [5, 5.41) is 15.1. The fourth-order valence-electron chi connectivity index (χ4n) is 3.43. The first kappa shape index (κ1) is 19.8. The number of nitrogens with zero attached hydrogens (tertiary/aromatic N) is 5. The highest BCUT2D eigenvalue weighted by atomic mass is 32.2. The number of thioether (sulfide) groups is 1. The second-order valence-electron chi connectivity index (χ2n) is 6.72. The van der Waals surface area contributed by atoms with Gasteiger partial charge in [0.1, 0.15) is 18.4 Å². The molecule has 0 bridgehead atoms. The van der Waals surface area contributed by atoms with Gasteiger partial charge >= 0.3 is 5.97 Å². The number of ketones is 1. The van der Waals surface area contributed by atoms with Crippen molar-refractivity contribution in [1.82, 2.24) is 25.0 Å². The molecule has 4 rings (SSSR count). The van der Waals surface area contributed by atoms with E-state index in [1.807, 2.05) is 22.9 Å². The number of carbonyl (C=O) groups is 3. The van der Waals surface area contributed by atoms with Crippen LogP contribution in [0.15, 0.2) is 28.5 Å². The fraction of sp³-hybridized carbons (Fsp3) is 0.412. The Labute approximate surface area is 175 Å². The van der Waals surface area contributed by atoms with Crippen LogP contribution in [0.2, 0.25) is 0 Å². The van der Waals surface area contributed by atoms with Crippen LogP contribution < -0.4 is 0 Å². The monoisotopic (exact) mass is 429 g/mol. The molecule has 4 heterocycles. The molecule has 2 aliphatic heterocycles. The Morgan fingerprint density at radius 1 is 1.38 bits per heavy atom. The third-order valence-electron chi connectivity index (χ3n) is 4.71. The Hall–Kier alpha value is -2.47. The van der Waals surface area contributed by atoms with Crippen LogP contribution in [0.5, 0.6) is 0 Å². The number of thiophene rings is 1. The van der Waals surface area contributed by atoms with E-state index in [0.29, 0.717) is 12.0 Å². The third kappa shape index (κ3) is 3.99. The van der Waals surface area contributed by atoms with Crippen LogP contribution in [0.3, 0.4) is 0 Å². The van der Waals surface area contributed by atoms with Crippen LogP contribution in [-0.4, -0.2) is 62.6 Å². The maximum absolute atomic E-state index is 12.9. The number of fused-ring (bicyclic) bond motifs is 1. The molecule has 2 aliphatic rings. The summed E-state index contributed by atoms with van der Waals surface area (Å²) >= 11 is 2.95. The average molecular weight is 429 g/mol. The molecule has 29 heavy (non-hydrogen) atoms. The molecular formula is C17H16BN5O4S2. The molecule has 2 radical (unpaired) electrons. The van der Waals surface area contributed by atoms with E-state index in [-0.39, 0.29) is 35.9 Å². The first-order valence-corrected chi connectivity index (χ1v) is 10.7. The number of ether oxygens (including phenoxy) is 1. The largest absolute Gasteiger partial charge is 0.461 e. The van der Waals surface area contributed by atoms with Gasteiger partial charge in [-0.1, -0.05) is 11.3 Å². The first-order chi connectivity index (χ1) is 13.9. The van der Waals surface area contributed by atoms with Gasteiger partial charge in [-0.3, -0.25) is 14.4 Å². The molecule has 0 spiro atoms. The number of tetrazole rings is 1. The summed E-state index contributed by atoms with van der Waals surface area (Å²) in [5.41, 5.74) is 0.658. The predicted molar refractivity (Wildman–Crippen MR) is 106 cm³/mol. The Bertz CT molecular complexity index is 976. The van der Waals surface area contributed by atoms with Crippen molar-refractivity contribution in [3.05, 3.63) is 39.2 Å². The number of rotatable bonds is 7. The van der Waals surface area contributed by atoms with Gasteiger partial charge in [-0.05, 0) is 16.9 Å². The molecule has 0 saturated carbocycles. The second kappa shape index (κ2) is 8.11. The highest BCUT2D eigenvalue weighted by molar-refractivity contribution is 8.02. The highest BCUT2D eigenvalue weighted by Gasteiger charge is 2.54. The Kier molecular flexibility index (Phi) is 5.55. The van der Waals surface area contributed by atoms with Crippen LogP contribution in [0.25, 0.3) is 0 Å². The minimum absolute atomic E-state index is 0.00455. The van der Waals surface area contributed by atoms with E-state index in [9.17, 15) is 14.4 Å².